The molecule has 1 aliphatic heterocycles. The molecular weight excluding hydrogens is 936 g/mol. The summed E-state index contributed by atoms with van der Waals surface area (Å²) in [5, 5.41) is 2.71. The molecule has 1 unspecified atom stereocenters. The van der Waals surface area contributed by atoms with Crippen LogP contribution in [0.3, 0.4) is 0 Å². The number of fused-ring (bicyclic) bond motifs is 1. The van der Waals surface area contributed by atoms with Crippen molar-refractivity contribution in [1.29, 1.82) is 0 Å². The molecular formula is C54H71N6O9PSi. The Labute approximate surface area is 420 Å². The van der Waals surface area contributed by atoms with Crippen LogP contribution >= 0.6 is 8.53 Å². The van der Waals surface area contributed by atoms with Gasteiger partial charge in [0.05, 0.1) is 20.0 Å². The molecule has 5 atom stereocenters. The number of nitrogens with one attached hydrogen (secondary N) is 2. The molecule has 1 fully saturated rings. The van der Waals surface area contributed by atoms with Gasteiger partial charge in [0.1, 0.15) is 35.4 Å². The van der Waals surface area contributed by atoms with Crippen LogP contribution in [0, 0.1) is 0 Å². The number of methoxy groups -OCH3 is 1. The number of imidazole rings is 1. The zero-order valence-corrected chi connectivity index (χ0v) is 45.0. The molecule has 71 heavy (non-hydrogen) atoms. The molecule has 0 bridgehead atoms. The van der Waals surface area contributed by atoms with Crippen molar-refractivity contribution in [2.45, 2.75) is 128 Å². The van der Waals surface area contributed by atoms with Gasteiger partial charge in [-0.1, -0.05) is 133 Å². The van der Waals surface area contributed by atoms with E-state index in [1.54, 1.807) is 30.9 Å². The van der Waals surface area contributed by atoms with E-state index in [0.29, 0.717) is 11.5 Å². The molecule has 0 aliphatic carbocycles. The van der Waals surface area contributed by atoms with Gasteiger partial charge in [0.2, 0.25) is 14.3 Å². The molecule has 17 heteroatoms. The fourth-order valence-corrected chi connectivity index (χ4v) is 17.5. The molecule has 1 aliphatic rings. The van der Waals surface area contributed by atoms with E-state index < -0.39 is 58.5 Å². The highest BCUT2D eigenvalue weighted by Gasteiger charge is 2.56. The first-order chi connectivity index (χ1) is 34.0. The number of anilines is 1. The summed E-state index contributed by atoms with van der Waals surface area (Å²) in [6, 6.07) is 37.4. The average molecular weight is 1010 g/mol. The number of H-pyrrole nitrogens is 1. The number of carbonyl (C=O) groups is 1. The summed E-state index contributed by atoms with van der Waals surface area (Å²) >= 11 is 0. The van der Waals surface area contributed by atoms with E-state index in [9.17, 15) is 9.59 Å². The van der Waals surface area contributed by atoms with Crippen LogP contribution in [0.2, 0.25) is 16.6 Å². The number of ether oxygens (including phenoxy) is 4. The third-order valence-corrected chi connectivity index (χ3v) is 21.5. The Morgan fingerprint density at radius 3 is 1.85 bits per heavy atom. The molecule has 15 nitrogen and oxygen atoms in total. The summed E-state index contributed by atoms with van der Waals surface area (Å²) in [6.45, 7) is 21.7. The Bertz CT molecular complexity index is 2620. The fraction of sp³-hybridized carbons (Fsp3) is 0.444. The Morgan fingerprint density at radius 1 is 0.775 bits per heavy atom. The molecule has 4 aromatic carbocycles. The van der Waals surface area contributed by atoms with Gasteiger partial charge in [-0.15, -0.1) is 0 Å². The molecule has 7 rings (SSSR count). The van der Waals surface area contributed by atoms with Gasteiger partial charge in [0.25, 0.3) is 20.0 Å². The van der Waals surface area contributed by atoms with Gasteiger partial charge in [0, 0.05) is 19.2 Å². The van der Waals surface area contributed by atoms with Gasteiger partial charge in [-0.3, -0.25) is 24.5 Å². The molecule has 6 aromatic rings. The maximum Gasteiger partial charge on any atom is 0.280 e. The Hall–Kier alpha value is -5.29. The Morgan fingerprint density at radius 2 is 1.32 bits per heavy atom. The third kappa shape index (κ3) is 11.4. The average Bonchev–Trinajstić information content (AvgIpc) is 3.93. The third-order valence-electron chi connectivity index (χ3n) is 13.3. The zero-order chi connectivity index (χ0) is 51.0. The van der Waals surface area contributed by atoms with E-state index in [1.165, 1.54) is 6.33 Å². The van der Waals surface area contributed by atoms with Crippen molar-refractivity contribution in [2.75, 3.05) is 32.8 Å². The number of aromatic amines is 1. The lowest BCUT2D eigenvalue weighted by Crippen LogP contribution is -2.55. The van der Waals surface area contributed by atoms with Crippen LogP contribution < -0.4 is 20.3 Å². The van der Waals surface area contributed by atoms with Gasteiger partial charge < -0.3 is 32.4 Å². The minimum atomic E-state index is -2.75. The van der Waals surface area contributed by atoms with E-state index >= 15 is 0 Å². The fourth-order valence-electron chi connectivity index (χ4n) is 10.4. The highest BCUT2D eigenvalue weighted by molar-refractivity contribution is 7.44. The Kier molecular flexibility index (Phi) is 17.7. The summed E-state index contributed by atoms with van der Waals surface area (Å²) in [5.74, 6) is 0.635. The SMILES string of the molecule is COc1ccc(C(OC[C@H]2O[C@@H](n3cnc4c(=O)[nH]c(NC(=O)COc5ccccc5)nc43)[C@H](OP(OC)N(C(C)C)C(C)C)[C@@H]2O[Si](C(C)C)(C(C)C)C(C)C)(c2ccccc2)c2ccccc2)cc1. The second-order valence-electron chi connectivity index (χ2n) is 19.4. The number of para-hydroxylation sites is 1. The highest BCUT2D eigenvalue weighted by atomic mass is 31.2. The van der Waals surface area contributed by atoms with Gasteiger partial charge >= 0.3 is 0 Å². The molecule has 3 heterocycles. The lowest BCUT2D eigenvalue weighted by Gasteiger charge is -2.46. The molecule has 2 N–H and O–H groups in total. The highest BCUT2D eigenvalue weighted by Crippen LogP contribution is 2.53. The van der Waals surface area contributed by atoms with E-state index in [1.807, 2.05) is 78.9 Å². The number of rotatable bonds is 23. The lowest BCUT2D eigenvalue weighted by atomic mass is 9.80. The Balaban J connectivity index is 1.40. The van der Waals surface area contributed by atoms with Crippen LogP contribution in [0.5, 0.6) is 11.5 Å². The maximum atomic E-state index is 13.8. The van der Waals surface area contributed by atoms with Crippen molar-refractivity contribution < 1.29 is 37.2 Å². The smallest absolute Gasteiger partial charge is 0.280 e. The molecule has 380 valence electrons. The number of carbonyl (C=O) groups excluding carboxylic acids is 1. The molecule has 1 saturated heterocycles. The van der Waals surface area contributed by atoms with Crippen molar-refractivity contribution in [3.8, 4) is 11.5 Å². The normalized spacial score (nSPS) is 18.1. The summed E-state index contributed by atoms with van der Waals surface area (Å²) in [4.78, 5) is 39.2. The predicted molar refractivity (Wildman–Crippen MR) is 281 cm³/mol. The summed E-state index contributed by atoms with van der Waals surface area (Å²) in [7, 11) is -1.18. The largest absolute Gasteiger partial charge is 0.497 e. The number of nitrogens with zero attached hydrogens (tertiary/aromatic N) is 4. The zero-order valence-electron chi connectivity index (χ0n) is 43.1. The number of aromatic nitrogens is 4. The van der Waals surface area contributed by atoms with Crippen LogP contribution in [0.4, 0.5) is 5.95 Å². The standard InChI is InChI=1S/C54H71N6O9PSi/c1-35(2)60(36(3)4)70(64-12)68-49-48(69-71(37(5)6,38(7)8)39(9)10)45(32-66-54(40-22-16-13-17-23-40,41-24-18-14-19-25-41)42-28-30-43(63-11)31-29-42)67-52(49)59-34-55-47-50(59)57-53(58-51(47)62)56-46(61)33-65-44-26-20-15-21-27-44/h13-31,34-39,45,48-49,52H,32-33H2,1-12H3,(H2,56,57,58,61,62)/t45-,48-,49-,52-,70?/m1/s1. The van der Waals surface area contributed by atoms with Gasteiger partial charge in [-0.2, -0.15) is 4.98 Å². The van der Waals surface area contributed by atoms with E-state index in [4.69, 9.17) is 37.4 Å². The van der Waals surface area contributed by atoms with Gasteiger partial charge in [-0.05, 0) is 85.3 Å². The summed E-state index contributed by atoms with van der Waals surface area (Å²) < 4.78 is 51.8. The topological polar surface area (TPSA) is 161 Å². The van der Waals surface area contributed by atoms with Crippen LogP contribution in [-0.4, -0.2) is 96.2 Å². The number of amides is 1. The second-order valence-corrected chi connectivity index (χ2v) is 26.3. The number of hydrogen-bond donors (Lipinski definition) is 2. The van der Waals surface area contributed by atoms with E-state index in [0.717, 1.165) is 16.7 Å². The quantitative estimate of drug-likeness (QED) is 0.0356. The molecule has 1 amide bonds. The van der Waals surface area contributed by atoms with Crippen molar-refractivity contribution in [1.82, 2.24) is 24.2 Å². The molecule has 0 radical (unpaired) electrons. The van der Waals surface area contributed by atoms with E-state index in [-0.39, 0.29) is 59.0 Å². The summed E-state index contributed by atoms with van der Waals surface area (Å²) in [6.07, 6.45) is -1.83. The number of hydrogen-bond acceptors (Lipinski definition) is 12. The first-order valence-corrected chi connectivity index (χ1v) is 27.8. The minimum absolute atomic E-state index is 0.0297. The van der Waals surface area contributed by atoms with Crippen LogP contribution in [-0.2, 0) is 33.3 Å². The van der Waals surface area contributed by atoms with E-state index in [2.05, 4.69) is 113 Å². The second kappa shape index (κ2) is 23.5. The van der Waals surface area contributed by atoms with Crippen LogP contribution in [0.25, 0.3) is 11.2 Å². The lowest BCUT2D eigenvalue weighted by molar-refractivity contribution is -0.118. The van der Waals surface area contributed by atoms with Crippen molar-refractivity contribution >= 4 is 39.9 Å². The van der Waals surface area contributed by atoms with Gasteiger partial charge in [0.15, 0.2) is 24.0 Å². The monoisotopic (exact) mass is 1010 g/mol. The molecule has 0 spiro atoms. The molecule has 0 saturated carbocycles. The summed E-state index contributed by atoms with van der Waals surface area (Å²) in [5.41, 5.74) is 1.78. The van der Waals surface area contributed by atoms with Crippen LogP contribution in [0.15, 0.2) is 126 Å². The maximum absolute atomic E-state index is 13.8. The van der Waals surface area contributed by atoms with Crippen molar-refractivity contribution in [3.05, 3.63) is 149 Å². The van der Waals surface area contributed by atoms with Crippen molar-refractivity contribution in [2.24, 2.45) is 0 Å². The first-order valence-electron chi connectivity index (χ1n) is 24.5. The number of benzene rings is 4. The minimum Gasteiger partial charge on any atom is -0.497 e. The van der Waals surface area contributed by atoms with Gasteiger partial charge in [-0.25, -0.2) is 9.65 Å². The molecule has 2 aromatic heterocycles. The predicted octanol–water partition coefficient (Wildman–Crippen LogP) is 11.0. The van der Waals surface area contributed by atoms with Crippen LogP contribution in [0.1, 0.15) is 92.2 Å². The van der Waals surface area contributed by atoms with Crippen molar-refractivity contribution in [3.63, 3.8) is 0 Å². The first kappa shape index (κ1) is 53.5.